The van der Waals surface area contributed by atoms with Crippen LogP contribution < -0.4 is 5.73 Å². The van der Waals surface area contributed by atoms with Gasteiger partial charge in [0.15, 0.2) is 5.82 Å². The zero-order valence-electron chi connectivity index (χ0n) is 18.7. The van der Waals surface area contributed by atoms with Crippen LogP contribution in [0.3, 0.4) is 0 Å². The minimum atomic E-state index is 0.268. The van der Waals surface area contributed by atoms with Crippen LogP contribution in [-0.2, 0) is 4.74 Å². The van der Waals surface area contributed by atoms with Crippen LogP contribution in [0.5, 0.6) is 0 Å². The van der Waals surface area contributed by atoms with Crippen molar-refractivity contribution in [2.24, 2.45) is 0 Å². The number of anilines is 1. The predicted molar refractivity (Wildman–Crippen MR) is 127 cm³/mol. The fraction of sp³-hybridized carbons (Fsp3) is 0.333. The van der Waals surface area contributed by atoms with Crippen LogP contribution in [-0.4, -0.2) is 47.4 Å². The Kier molecular flexibility index (Phi) is 4.65. The number of rotatable bonds is 4. The van der Waals surface area contributed by atoms with Crippen molar-refractivity contribution in [2.75, 3.05) is 18.9 Å². The maximum atomic E-state index is 6.39. The van der Waals surface area contributed by atoms with Crippen molar-refractivity contribution < 1.29 is 4.74 Å². The summed E-state index contributed by atoms with van der Waals surface area (Å²) in [4.78, 5) is 4.29. The van der Waals surface area contributed by atoms with E-state index in [0.29, 0.717) is 11.9 Å². The maximum Gasteiger partial charge on any atom is 0.152 e. The van der Waals surface area contributed by atoms with Crippen molar-refractivity contribution in [3.05, 3.63) is 49.1 Å². The fourth-order valence-corrected chi connectivity index (χ4v) is 4.83. The first-order valence-electron chi connectivity index (χ1n) is 11.3. The number of ether oxygens (including phenoxy) is 1. The zero-order chi connectivity index (χ0) is 22.5. The third kappa shape index (κ3) is 3.19. The molecule has 1 aromatic carbocycles. The van der Waals surface area contributed by atoms with E-state index in [0.717, 1.165) is 65.0 Å². The van der Waals surface area contributed by atoms with Gasteiger partial charge in [-0.3, -0.25) is 9.36 Å². The van der Waals surface area contributed by atoms with E-state index in [2.05, 4.69) is 63.1 Å². The van der Waals surface area contributed by atoms with Crippen LogP contribution in [0.2, 0.25) is 0 Å². The van der Waals surface area contributed by atoms with Gasteiger partial charge in [0.05, 0.1) is 29.1 Å². The standard InChI is InChI=1S/C24H26N8O/c1-15(2)30-21-11-16(3-4-17(21)13-28-30)22-12-19(23-24(25)26-14-29-32(22)23)20-5-8-27-31(20)18-6-9-33-10-7-18/h3-5,8,11-15,18H,6-7,9-10H2,1-2H3,(H2,25,26,29). The number of nitrogens with zero attached hydrogens (tertiary/aromatic N) is 7. The molecule has 0 bridgehead atoms. The second-order valence-electron chi connectivity index (χ2n) is 8.81. The normalized spacial score (nSPS) is 15.2. The van der Waals surface area contributed by atoms with Crippen molar-refractivity contribution in [1.29, 1.82) is 0 Å². The highest BCUT2D eigenvalue weighted by Gasteiger charge is 2.24. The first kappa shape index (κ1) is 19.9. The molecule has 9 nitrogen and oxygen atoms in total. The van der Waals surface area contributed by atoms with Gasteiger partial charge >= 0.3 is 0 Å². The molecule has 1 aliphatic rings. The lowest BCUT2D eigenvalue weighted by Gasteiger charge is -2.24. The highest BCUT2D eigenvalue weighted by molar-refractivity contribution is 5.92. The summed E-state index contributed by atoms with van der Waals surface area (Å²) >= 11 is 0. The van der Waals surface area contributed by atoms with Gasteiger partial charge in [-0.15, -0.1) is 0 Å². The van der Waals surface area contributed by atoms with Crippen LogP contribution in [0.15, 0.2) is 49.1 Å². The number of benzene rings is 1. The topological polar surface area (TPSA) is 101 Å². The van der Waals surface area contributed by atoms with Gasteiger partial charge in [-0.2, -0.15) is 15.3 Å². The van der Waals surface area contributed by atoms with Gasteiger partial charge in [0.1, 0.15) is 11.8 Å². The third-order valence-corrected chi connectivity index (χ3v) is 6.45. The Labute approximate surface area is 190 Å². The molecule has 168 valence electrons. The van der Waals surface area contributed by atoms with E-state index in [1.165, 1.54) is 6.33 Å². The van der Waals surface area contributed by atoms with Gasteiger partial charge in [0.25, 0.3) is 0 Å². The lowest BCUT2D eigenvalue weighted by Crippen LogP contribution is -2.21. The number of hydrogen-bond acceptors (Lipinski definition) is 6. The Morgan fingerprint density at radius 3 is 2.70 bits per heavy atom. The van der Waals surface area contributed by atoms with E-state index in [4.69, 9.17) is 10.5 Å². The van der Waals surface area contributed by atoms with Gasteiger partial charge in [-0.05, 0) is 44.9 Å². The molecular weight excluding hydrogens is 416 g/mol. The third-order valence-electron chi connectivity index (χ3n) is 6.45. The minimum Gasteiger partial charge on any atom is -0.382 e. The molecule has 2 N–H and O–H groups in total. The summed E-state index contributed by atoms with van der Waals surface area (Å²) in [7, 11) is 0. The summed E-state index contributed by atoms with van der Waals surface area (Å²) in [5, 5.41) is 14.9. The molecule has 5 heterocycles. The maximum absolute atomic E-state index is 6.39. The van der Waals surface area contributed by atoms with Crippen LogP contribution in [0.1, 0.15) is 38.8 Å². The summed E-state index contributed by atoms with van der Waals surface area (Å²) in [5.74, 6) is 0.444. The minimum absolute atomic E-state index is 0.268. The first-order chi connectivity index (χ1) is 16.1. The Morgan fingerprint density at radius 2 is 1.88 bits per heavy atom. The second kappa shape index (κ2) is 7.70. The Morgan fingerprint density at radius 1 is 1.03 bits per heavy atom. The van der Waals surface area contributed by atoms with E-state index in [1.54, 1.807) is 0 Å². The zero-order valence-corrected chi connectivity index (χ0v) is 18.7. The largest absolute Gasteiger partial charge is 0.382 e. The molecule has 9 heteroatoms. The van der Waals surface area contributed by atoms with Crippen LogP contribution in [0, 0.1) is 0 Å². The summed E-state index contributed by atoms with van der Waals surface area (Å²) in [6.45, 7) is 5.77. The average Bonchev–Trinajstić information content (AvgIpc) is 3.56. The highest BCUT2D eigenvalue weighted by Crippen LogP contribution is 2.37. The van der Waals surface area contributed by atoms with E-state index >= 15 is 0 Å². The number of nitrogen functional groups attached to an aromatic ring is 1. The number of hydrogen-bond donors (Lipinski definition) is 1. The van der Waals surface area contributed by atoms with E-state index in [1.807, 2.05) is 27.7 Å². The molecule has 1 saturated heterocycles. The van der Waals surface area contributed by atoms with Gasteiger partial charge in [0, 0.05) is 42.0 Å². The van der Waals surface area contributed by atoms with Gasteiger partial charge in [-0.25, -0.2) is 9.50 Å². The molecule has 6 rings (SSSR count). The molecule has 4 aromatic heterocycles. The molecule has 33 heavy (non-hydrogen) atoms. The Balaban J connectivity index is 1.55. The molecule has 0 radical (unpaired) electrons. The molecule has 0 aliphatic carbocycles. The van der Waals surface area contributed by atoms with E-state index in [9.17, 15) is 0 Å². The summed E-state index contributed by atoms with van der Waals surface area (Å²) in [6.07, 6.45) is 7.14. The number of aromatic nitrogens is 7. The monoisotopic (exact) mass is 442 g/mol. The smallest absolute Gasteiger partial charge is 0.152 e. The van der Waals surface area contributed by atoms with Crippen LogP contribution in [0.25, 0.3) is 38.9 Å². The van der Waals surface area contributed by atoms with E-state index < -0.39 is 0 Å². The quantitative estimate of drug-likeness (QED) is 0.449. The van der Waals surface area contributed by atoms with Crippen molar-refractivity contribution in [2.45, 2.75) is 38.8 Å². The molecule has 1 aliphatic heterocycles. The van der Waals surface area contributed by atoms with Gasteiger partial charge < -0.3 is 10.5 Å². The molecule has 5 aromatic rings. The molecular formula is C24H26N8O. The molecule has 0 unspecified atom stereocenters. The molecule has 0 amide bonds. The summed E-state index contributed by atoms with van der Waals surface area (Å²) in [5.41, 5.74) is 12.3. The van der Waals surface area contributed by atoms with Crippen LogP contribution >= 0.6 is 0 Å². The van der Waals surface area contributed by atoms with Crippen molar-refractivity contribution in [3.8, 4) is 22.5 Å². The Bertz CT molecular complexity index is 1450. The van der Waals surface area contributed by atoms with Gasteiger partial charge in [-0.1, -0.05) is 12.1 Å². The molecule has 1 fully saturated rings. The van der Waals surface area contributed by atoms with Crippen molar-refractivity contribution in [3.63, 3.8) is 0 Å². The van der Waals surface area contributed by atoms with Crippen LogP contribution in [0.4, 0.5) is 5.82 Å². The molecule has 0 atom stereocenters. The van der Waals surface area contributed by atoms with Gasteiger partial charge in [0.2, 0.25) is 0 Å². The number of nitrogens with two attached hydrogens (primary N) is 1. The summed E-state index contributed by atoms with van der Waals surface area (Å²) in [6, 6.07) is 11.1. The SMILES string of the molecule is CC(C)n1ncc2ccc(-c3cc(-c4ccnn4C4CCOCC4)c4c(N)ncnn34)cc21. The molecule has 0 saturated carbocycles. The fourth-order valence-electron chi connectivity index (χ4n) is 4.83. The Hall–Kier alpha value is -3.72. The number of fused-ring (bicyclic) bond motifs is 2. The van der Waals surface area contributed by atoms with Crippen molar-refractivity contribution in [1.82, 2.24) is 34.2 Å². The predicted octanol–water partition coefficient (Wildman–Crippen LogP) is 4.12. The lowest BCUT2D eigenvalue weighted by atomic mass is 10.1. The van der Waals surface area contributed by atoms with E-state index in [-0.39, 0.29) is 6.04 Å². The lowest BCUT2D eigenvalue weighted by molar-refractivity contribution is 0.0667. The second-order valence-corrected chi connectivity index (χ2v) is 8.81. The summed E-state index contributed by atoms with van der Waals surface area (Å²) < 4.78 is 11.6. The first-order valence-corrected chi connectivity index (χ1v) is 11.3. The molecule has 0 spiro atoms. The van der Waals surface area contributed by atoms with Crippen molar-refractivity contribution >= 4 is 22.2 Å². The average molecular weight is 443 g/mol. The highest BCUT2D eigenvalue weighted by atomic mass is 16.5.